The number of fused-ring (bicyclic) bond motifs is 1. The summed E-state index contributed by atoms with van der Waals surface area (Å²) < 4.78 is 2.08. The van der Waals surface area contributed by atoms with Crippen LogP contribution in [0.2, 0.25) is 0 Å². The van der Waals surface area contributed by atoms with Crippen molar-refractivity contribution in [3.8, 4) is 11.4 Å². The normalized spacial score (nSPS) is 11.0. The van der Waals surface area contributed by atoms with E-state index in [1.54, 1.807) is 11.8 Å². The van der Waals surface area contributed by atoms with Crippen LogP contribution in [-0.4, -0.2) is 14.6 Å². The second-order valence-electron chi connectivity index (χ2n) is 6.77. The zero-order valence-corrected chi connectivity index (χ0v) is 17.5. The minimum Gasteiger partial charge on any atom is -0.326 e. The molecule has 0 atom stereocenters. The summed E-state index contributed by atoms with van der Waals surface area (Å²) in [5.74, 6) is 1.30. The number of nitrogens with two attached hydrogens (primary N) is 1. The highest BCUT2D eigenvalue weighted by atomic mass is 35.5. The van der Waals surface area contributed by atoms with E-state index in [1.165, 1.54) is 10.5 Å². The van der Waals surface area contributed by atoms with E-state index in [1.807, 2.05) is 18.2 Å². The van der Waals surface area contributed by atoms with Crippen molar-refractivity contribution in [3.05, 3.63) is 78.0 Å². The zero-order valence-electron chi connectivity index (χ0n) is 15.9. The van der Waals surface area contributed by atoms with Crippen LogP contribution in [0.3, 0.4) is 0 Å². The first-order chi connectivity index (χ1) is 13.2. The van der Waals surface area contributed by atoms with Crippen LogP contribution in [0.5, 0.6) is 0 Å². The zero-order chi connectivity index (χ0) is 18.8. The molecule has 0 aliphatic carbocycles. The minimum absolute atomic E-state index is 0. The molecule has 0 aliphatic heterocycles. The summed E-state index contributed by atoms with van der Waals surface area (Å²) in [5.41, 5.74) is 10.3. The number of rotatable bonds is 5. The van der Waals surface area contributed by atoms with Gasteiger partial charge in [-0.2, -0.15) is 0 Å². The fourth-order valence-corrected chi connectivity index (χ4v) is 4.20. The average Bonchev–Trinajstić information content (AvgIpc) is 3.11. The molecule has 4 aromatic rings. The van der Waals surface area contributed by atoms with Gasteiger partial charge in [0.05, 0.1) is 0 Å². The molecular weight excluding hydrogens is 388 g/mol. The molecule has 0 fully saturated rings. The van der Waals surface area contributed by atoms with E-state index < -0.39 is 0 Å². The Morgan fingerprint density at radius 1 is 0.964 bits per heavy atom. The summed E-state index contributed by atoms with van der Waals surface area (Å²) in [6, 6.07) is 20.8. The number of aromatic nitrogens is 3. The van der Waals surface area contributed by atoms with E-state index in [2.05, 4.69) is 77.1 Å². The maximum atomic E-state index is 5.88. The molecule has 0 spiro atoms. The second-order valence-corrected chi connectivity index (χ2v) is 7.89. The third-order valence-electron chi connectivity index (χ3n) is 4.62. The van der Waals surface area contributed by atoms with Crippen LogP contribution in [0.15, 0.2) is 76.7 Å². The van der Waals surface area contributed by atoms with Crippen molar-refractivity contribution in [3.63, 3.8) is 0 Å². The van der Waals surface area contributed by atoms with Gasteiger partial charge in [-0.1, -0.05) is 68.1 Å². The standard InChI is InChI=1S/C22H22N4S.ClH/c1-15(2)18-8-4-5-9-19(18)22-25-24-21-12-11-17(14-26(21)22)27-20-10-6-3-7-16(20)13-23;/h3-12,14-15H,13,23H2,1-2H3;1H. The Hall–Kier alpha value is -2.34. The van der Waals surface area contributed by atoms with Crippen molar-refractivity contribution in [2.45, 2.75) is 36.1 Å². The largest absolute Gasteiger partial charge is 0.326 e. The number of benzene rings is 2. The van der Waals surface area contributed by atoms with Crippen molar-refractivity contribution in [2.24, 2.45) is 5.73 Å². The first-order valence-corrected chi connectivity index (χ1v) is 9.89. The molecule has 4 rings (SSSR count). The quantitative estimate of drug-likeness (QED) is 0.468. The molecule has 0 radical (unpaired) electrons. The summed E-state index contributed by atoms with van der Waals surface area (Å²) in [6.45, 7) is 4.94. The SMILES string of the molecule is CC(C)c1ccccc1-c1nnc2ccc(Sc3ccccc3CN)cn12.Cl. The second kappa shape index (κ2) is 8.78. The lowest BCUT2D eigenvalue weighted by atomic mass is 9.97. The topological polar surface area (TPSA) is 56.2 Å². The average molecular weight is 411 g/mol. The lowest BCUT2D eigenvalue weighted by Crippen LogP contribution is -1.98. The van der Waals surface area contributed by atoms with Crippen LogP contribution in [0.4, 0.5) is 0 Å². The summed E-state index contributed by atoms with van der Waals surface area (Å²) >= 11 is 1.72. The molecule has 0 unspecified atom stereocenters. The predicted octanol–water partition coefficient (Wildman–Crippen LogP) is 5.55. The highest BCUT2D eigenvalue weighted by Crippen LogP contribution is 2.32. The Balaban J connectivity index is 0.00000225. The van der Waals surface area contributed by atoms with Crippen molar-refractivity contribution in [1.29, 1.82) is 0 Å². The summed E-state index contributed by atoms with van der Waals surface area (Å²) in [6.07, 6.45) is 2.11. The highest BCUT2D eigenvalue weighted by molar-refractivity contribution is 7.99. The van der Waals surface area contributed by atoms with Crippen LogP contribution in [0.25, 0.3) is 17.0 Å². The lowest BCUT2D eigenvalue weighted by molar-refractivity contribution is 0.865. The van der Waals surface area contributed by atoms with Gasteiger partial charge in [-0.25, -0.2) is 0 Å². The minimum atomic E-state index is 0. The third-order valence-corrected chi connectivity index (χ3v) is 5.71. The first-order valence-electron chi connectivity index (χ1n) is 9.07. The molecular formula is C22H23ClN4S. The molecule has 2 N–H and O–H groups in total. The van der Waals surface area contributed by atoms with Gasteiger partial charge < -0.3 is 5.73 Å². The molecule has 2 aromatic heterocycles. The molecule has 2 heterocycles. The van der Waals surface area contributed by atoms with Crippen molar-refractivity contribution in [1.82, 2.24) is 14.6 Å². The number of hydrogen-bond donors (Lipinski definition) is 1. The number of nitrogens with zero attached hydrogens (tertiary/aromatic N) is 3. The predicted molar refractivity (Wildman–Crippen MR) is 118 cm³/mol. The van der Waals surface area contributed by atoms with Crippen molar-refractivity contribution < 1.29 is 0 Å². The molecule has 0 saturated heterocycles. The lowest BCUT2D eigenvalue weighted by Gasteiger charge is -2.12. The molecule has 0 bridgehead atoms. The van der Waals surface area contributed by atoms with Gasteiger partial charge in [0, 0.05) is 28.1 Å². The van der Waals surface area contributed by atoms with Crippen LogP contribution >= 0.6 is 24.2 Å². The van der Waals surface area contributed by atoms with Crippen LogP contribution in [0, 0.1) is 0 Å². The van der Waals surface area contributed by atoms with E-state index in [9.17, 15) is 0 Å². The Morgan fingerprint density at radius 2 is 1.71 bits per heavy atom. The van der Waals surface area contributed by atoms with Gasteiger partial charge >= 0.3 is 0 Å². The molecule has 4 nitrogen and oxygen atoms in total. The fourth-order valence-electron chi connectivity index (χ4n) is 3.22. The van der Waals surface area contributed by atoms with Crippen molar-refractivity contribution in [2.75, 3.05) is 0 Å². The van der Waals surface area contributed by atoms with Gasteiger partial charge in [0.1, 0.15) is 0 Å². The summed E-state index contributed by atoms with van der Waals surface area (Å²) in [4.78, 5) is 2.31. The Morgan fingerprint density at radius 3 is 2.50 bits per heavy atom. The highest BCUT2D eigenvalue weighted by Gasteiger charge is 2.14. The van der Waals surface area contributed by atoms with Gasteiger partial charge in [0.2, 0.25) is 0 Å². The molecule has 6 heteroatoms. The van der Waals surface area contributed by atoms with Crippen molar-refractivity contribution >= 4 is 29.8 Å². The van der Waals surface area contributed by atoms with E-state index >= 15 is 0 Å². The van der Waals surface area contributed by atoms with E-state index in [4.69, 9.17) is 5.73 Å². The maximum absolute atomic E-state index is 5.88. The number of hydrogen-bond acceptors (Lipinski definition) is 4. The van der Waals surface area contributed by atoms with Crippen LogP contribution in [-0.2, 0) is 6.54 Å². The van der Waals surface area contributed by atoms with Crippen LogP contribution in [0.1, 0.15) is 30.9 Å². The Labute approximate surface area is 175 Å². The summed E-state index contributed by atoms with van der Waals surface area (Å²) in [7, 11) is 0. The molecule has 28 heavy (non-hydrogen) atoms. The molecule has 144 valence electrons. The van der Waals surface area contributed by atoms with Gasteiger partial charge in [0.15, 0.2) is 11.5 Å². The smallest absolute Gasteiger partial charge is 0.168 e. The third kappa shape index (κ3) is 3.92. The Kier molecular flexibility index (Phi) is 6.39. The molecule has 0 saturated carbocycles. The van der Waals surface area contributed by atoms with E-state index in [0.717, 1.165) is 27.5 Å². The fraction of sp³-hybridized carbons (Fsp3) is 0.182. The van der Waals surface area contributed by atoms with Gasteiger partial charge in [-0.3, -0.25) is 4.40 Å². The maximum Gasteiger partial charge on any atom is 0.168 e. The van der Waals surface area contributed by atoms with Gasteiger partial charge in [-0.05, 0) is 35.2 Å². The summed E-state index contributed by atoms with van der Waals surface area (Å²) in [5, 5.41) is 8.84. The van der Waals surface area contributed by atoms with Crippen LogP contribution < -0.4 is 5.73 Å². The monoisotopic (exact) mass is 410 g/mol. The number of halogens is 1. The van der Waals surface area contributed by atoms with Gasteiger partial charge in [-0.15, -0.1) is 22.6 Å². The van der Waals surface area contributed by atoms with E-state index in [0.29, 0.717) is 12.5 Å². The Bertz CT molecular complexity index is 1090. The molecule has 2 aromatic carbocycles. The molecule has 0 aliphatic rings. The van der Waals surface area contributed by atoms with E-state index in [-0.39, 0.29) is 12.4 Å². The molecule has 0 amide bonds. The first kappa shape index (κ1) is 20.4. The number of pyridine rings is 1. The van der Waals surface area contributed by atoms with Gasteiger partial charge in [0.25, 0.3) is 0 Å².